The Morgan fingerprint density at radius 3 is 2.62 bits per heavy atom. The molecule has 8 nitrogen and oxygen atoms in total. The summed E-state index contributed by atoms with van der Waals surface area (Å²) in [4.78, 5) is 23.7. The van der Waals surface area contributed by atoms with Gasteiger partial charge in [-0.05, 0) is 24.1 Å². The van der Waals surface area contributed by atoms with Gasteiger partial charge in [-0.15, -0.1) is 0 Å². The number of carbonyl (C=O) groups excluding carboxylic acids is 1. The van der Waals surface area contributed by atoms with E-state index < -0.39 is 36.2 Å². The second kappa shape index (κ2) is 8.73. The highest BCUT2D eigenvalue weighted by atomic mass is 35.5. The van der Waals surface area contributed by atoms with Crippen molar-refractivity contribution in [2.75, 3.05) is 18.4 Å². The zero-order valence-corrected chi connectivity index (χ0v) is 17.7. The van der Waals surface area contributed by atoms with Crippen molar-refractivity contribution in [3.8, 4) is 5.69 Å². The van der Waals surface area contributed by atoms with Crippen LogP contribution in [0.25, 0.3) is 5.69 Å². The number of alkyl halides is 2. The van der Waals surface area contributed by atoms with E-state index >= 15 is 0 Å². The first kappa shape index (κ1) is 22.0. The molecule has 2 atom stereocenters. The van der Waals surface area contributed by atoms with Crippen LogP contribution in [0.2, 0.25) is 5.02 Å². The molecule has 1 fully saturated rings. The predicted molar refractivity (Wildman–Crippen MR) is 110 cm³/mol. The van der Waals surface area contributed by atoms with Crippen molar-refractivity contribution in [3.63, 3.8) is 0 Å². The van der Waals surface area contributed by atoms with Crippen LogP contribution in [0.1, 0.15) is 23.7 Å². The Morgan fingerprint density at radius 2 is 1.94 bits per heavy atom. The molecule has 2 aromatic heterocycles. The van der Waals surface area contributed by atoms with Crippen molar-refractivity contribution in [2.45, 2.75) is 25.3 Å². The second-order valence-electron chi connectivity index (χ2n) is 7.62. The number of anilines is 1. The van der Waals surface area contributed by atoms with Crippen LogP contribution in [-0.2, 0) is 0 Å². The number of rotatable bonds is 5. The molecule has 12 heteroatoms. The third-order valence-electron chi connectivity index (χ3n) is 5.25. The van der Waals surface area contributed by atoms with Gasteiger partial charge in [-0.2, -0.15) is 15.0 Å². The summed E-state index contributed by atoms with van der Waals surface area (Å²) >= 11 is 5.79. The lowest BCUT2D eigenvalue weighted by atomic mass is 9.87. The molecule has 3 aromatic rings. The normalized spacial score (nSPS) is 20.2. The van der Waals surface area contributed by atoms with Crippen LogP contribution in [0.4, 0.5) is 19.1 Å². The summed E-state index contributed by atoms with van der Waals surface area (Å²) in [5.41, 5.74) is 0.0783. The van der Waals surface area contributed by atoms with Crippen LogP contribution in [0, 0.1) is 11.7 Å². The van der Waals surface area contributed by atoms with Crippen LogP contribution in [0.15, 0.2) is 43.0 Å². The minimum atomic E-state index is -3.08. The first-order valence-corrected chi connectivity index (χ1v) is 10.2. The van der Waals surface area contributed by atoms with E-state index in [1.165, 1.54) is 30.9 Å². The highest BCUT2D eigenvalue weighted by molar-refractivity contribution is 6.30. The summed E-state index contributed by atoms with van der Waals surface area (Å²) in [7, 11) is 0. The van der Waals surface area contributed by atoms with E-state index in [9.17, 15) is 18.0 Å². The summed E-state index contributed by atoms with van der Waals surface area (Å²) in [6, 6.07) is 2.87. The van der Waals surface area contributed by atoms with Gasteiger partial charge in [0.1, 0.15) is 5.82 Å². The molecule has 32 heavy (non-hydrogen) atoms. The number of hydrogen-bond acceptors (Lipinski definition) is 6. The molecule has 0 spiro atoms. The SMILES string of the molecule is C[C@@H]1CC(F)(F)CN(C(=O)c2cc(F)ccc2-n2nccn2)C1CNc1ncc(Cl)cn1. The molecule has 1 aliphatic heterocycles. The number of piperidine rings is 1. The Hall–Kier alpha value is -3.21. The van der Waals surface area contributed by atoms with Crippen molar-refractivity contribution >= 4 is 23.5 Å². The van der Waals surface area contributed by atoms with Gasteiger partial charge < -0.3 is 10.2 Å². The molecule has 1 N–H and O–H groups in total. The summed E-state index contributed by atoms with van der Waals surface area (Å²) in [6.07, 6.45) is 5.20. The maximum Gasteiger partial charge on any atom is 0.265 e. The zero-order chi connectivity index (χ0) is 22.9. The van der Waals surface area contributed by atoms with Crippen molar-refractivity contribution in [2.24, 2.45) is 5.92 Å². The van der Waals surface area contributed by atoms with Gasteiger partial charge in [0.25, 0.3) is 11.8 Å². The van der Waals surface area contributed by atoms with E-state index in [0.717, 1.165) is 21.8 Å². The zero-order valence-electron chi connectivity index (χ0n) is 16.9. The van der Waals surface area contributed by atoms with Crippen LogP contribution < -0.4 is 5.32 Å². The van der Waals surface area contributed by atoms with E-state index in [1.54, 1.807) is 6.92 Å². The fraction of sp³-hybridized carbons (Fsp3) is 0.350. The van der Waals surface area contributed by atoms with E-state index in [2.05, 4.69) is 25.5 Å². The monoisotopic (exact) mass is 465 g/mol. The number of likely N-dealkylation sites (tertiary alicyclic amines) is 1. The highest BCUT2D eigenvalue weighted by Gasteiger charge is 2.46. The molecular weight excluding hydrogens is 447 g/mol. The number of nitrogens with one attached hydrogen (secondary N) is 1. The van der Waals surface area contributed by atoms with Crippen LogP contribution >= 0.6 is 11.6 Å². The molecule has 0 saturated carbocycles. The topological polar surface area (TPSA) is 88.8 Å². The molecular formula is C20H19ClF3N7O. The lowest BCUT2D eigenvalue weighted by molar-refractivity contribution is -0.0897. The van der Waals surface area contributed by atoms with Crippen LogP contribution in [0.5, 0.6) is 0 Å². The van der Waals surface area contributed by atoms with Gasteiger partial charge in [0.2, 0.25) is 5.95 Å². The third-order valence-corrected chi connectivity index (χ3v) is 5.45. The average Bonchev–Trinajstić information content (AvgIpc) is 3.27. The lowest BCUT2D eigenvalue weighted by Gasteiger charge is -2.43. The van der Waals surface area contributed by atoms with Gasteiger partial charge >= 0.3 is 0 Å². The molecule has 1 amide bonds. The molecule has 1 saturated heterocycles. The van der Waals surface area contributed by atoms with Gasteiger partial charge in [-0.1, -0.05) is 18.5 Å². The minimum absolute atomic E-state index is 0.112. The quantitative estimate of drug-likeness (QED) is 0.621. The van der Waals surface area contributed by atoms with Crippen molar-refractivity contribution in [1.82, 2.24) is 29.9 Å². The van der Waals surface area contributed by atoms with Crippen LogP contribution in [-0.4, -0.2) is 60.8 Å². The summed E-state index contributed by atoms with van der Waals surface area (Å²) < 4.78 is 43.0. The molecule has 4 rings (SSSR count). The summed E-state index contributed by atoms with van der Waals surface area (Å²) in [5, 5.41) is 11.3. The Balaban J connectivity index is 1.65. The fourth-order valence-electron chi connectivity index (χ4n) is 3.83. The standard InChI is InChI=1S/C20H19ClF3N7O/c1-12-7-20(23,24)11-30(17(12)10-27-19-25-8-13(21)9-26-19)18(32)15-6-14(22)2-3-16(15)31-28-4-5-29-31/h2-6,8-9,12,17H,7,10-11H2,1H3,(H,25,26,27)/t12-,17?/m1/s1. The van der Waals surface area contributed by atoms with Gasteiger partial charge in [0, 0.05) is 13.0 Å². The average molecular weight is 466 g/mol. The molecule has 1 unspecified atom stereocenters. The first-order valence-electron chi connectivity index (χ1n) is 9.80. The van der Waals surface area contributed by atoms with E-state index in [1.807, 2.05) is 0 Å². The van der Waals surface area contributed by atoms with E-state index in [0.29, 0.717) is 5.02 Å². The van der Waals surface area contributed by atoms with Crippen molar-refractivity contribution < 1.29 is 18.0 Å². The lowest BCUT2D eigenvalue weighted by Crippen LogP contribution is -2.57. The van der Waals surface area contributed by atoms with Crippen molar-refractivity contribution in [1.29, 1.82) is 0 Å². The molecule has 0 radical (unpaired) electrons. The molecule has 3 heterocycles. The Morgan fingerprint density at radius 1 is 1.25 bits per heavy atom. The van der Waals surface area contributed by atoms with Crippen molar-refractivity contribution in [3.05, 3.63) is 59.4 Å². The molecule has 0 bridgehead atoms. The molecule has 1 aliphatic rings. The Kier molecular flexibility index (Phi) is 6.00. The smallest absolute Gasteiger partial charge is 0.265 e. The van der Waals surface area contributed by atoms with E-state index in [-0.39, 0.29) is 30.2 Å². The number of benzene rings is 1. The number of carbonyl (C=O) groups is 1. The molecule has 1 aromatic carbocycles. The van der Waals surface area contributed by atoms with Crippen LogP contribution in [0.3, 0.4) is 0 Å². The number of hydrogen-bond donors (Lipinski definition) is 1. The largest absolute Gasteiger partial charge is 0.352 e. The van der Waals surface area contributed by atoms with Gasteiger partial charge in [0.05, 0.1) is 53.6 Å². The predicted octanol–water partition coefficient (Wildman–Crippen LogP) is 3.45. The first-order chi connectivity index (χ1) is 15.2. The third kappa shape index (κ3) is 4.67. The highest BCUT2D eigenvalue weighted by Crippen LogP contribution is 2.35. The summed E-state index contributed by atoms with van der Waals surface area (Å²) in [5.74, 6) is -4.81. The number of aromatic nitrogens is 5. The van der Waals surface area contributed by atoms with Gasteiger partial charge in [0.15, 0.2) is 0 Å². The number of amides is 1. The fourth-order valence-corrected chi connectivity index (χ4v) is 3.92. The minimum Gasteiger partial charge on any atom is -0.352 e. The van der Waals surface area contributed by atoms with Gasteiger partial charge in [-0.3, -0.25) is 4.79 Å². The van der Waals surface area contributed by atoms with Gasteiger partial charge in [-0.25, -0.2) is 23.1 Å². The molecule has 168 valence electrons. The molecule has 0 aliphatic carbocycles. The number of halogens is 4. The maximum atomic E-state index is 14.5. The second-order valence-corrected chi connectivity index (χ2v) is 8.06. The maximum absolute atomic E-state index is 14.5. The number of nitrogens with zero attached hydrogens (tertiary/aromatic N) is 6. The Labute approximate surface area is 186 Å². The Bertz CT molecular complexity index is 1100. The van der Waals surface area contributed by atoms with E-state index in [4.69, 9.17) is 11.6 Å². The summed E-state index contributed by atoms with van der Waals surface area (Å²) in [6.45, 7) is 0.964.